The molecule has 1 aromatic rings. The van der Waals surface area contributed by atoms with Crippen LogP contribution >= 0.6 is 0 Å². The molecule has 1 aromatic carbocycles. The first-order valence-corrected chi connectivity index (χ1v) is 7.72. The Balaban J connectivity index is 0.000000240. The third-order valence-corrected chi connectivity index (χ3v) is 3.83. The number of hydrogen-bond donors (Lipinski definition) is 2. The Kier molecular flexibility index (Phi) is 6.05. The fourth-order valence-electron chi connectivity index (χ4n) is 1.89. The molecule has 0 aliphatic heterocycles. The van der Waals surface area contributed by atoms with Crippen molar-refractivity contribution < 1.29 is 17.9 Å². The summed E-state index contributed by atoms with van der Waals surface area (Å²) in [5, 5.41) is 10.2. The lowest BCUT2D eigenvalue weighted by Gasteiger charge is -2.15. The van der Waals surface area contributed by atoms with Gasteiger partial charge >= 0.3 is 0 Å². The maximum atomic E-state index is 10.5. The summed E-state index contributed by atoms with van der Waals surface area (Å²) in [6.45, 7) is 0. The molecular weight excluding hydrogens is 284 g/mol. The van der Waals surface area contributed by atoms with Crippen LogP contribution in [0.5, 0.6) is 0 Å². The van der Waals surface area contributed by atoms with E-state index in [4.69, 9.17) is 10.3 Å². The van der Waals surface area contributed by atoms with E-state index in [-0.39, 0.29) is 5.69 Å². The van der Waals surface area contributed by atoms with Crippen LogP contribution in [-0.4, -0.2) is 23.9 Å². The standard InChI is InChI=1S/C6H5NO5S.C6H13N/c8-7(9)5-2-1-3-6(4-5)13(10,11)12;7-6-4-2-1-3-5-6/h1-4H,(H,10,11,12);6H,1-5,7H2. The van der Waals surface area contributed by atoms with Crippen molar-refractivity contribution in [1.29, 1.82) is 0 Å². The third kappa shape index (κ3) is 5.64. The summed E-state index contributed by atoms with van der Waals surface area (Å²) in [6.07, 6.45) is 6.66. The van der Waals surface area contributed by atoms with Gasteiger partial charge in [0.05, 0.1) is 4.92 Å². The van der Waals surface area contributed by atoms with Crippen molar-refractivity contribution in [1.82, 2.24) is 0 Å². The first kappa shape index (κ1) is 16.5. The lowest BCUT2D eigenvalue weighted by molar-refractivity contribution is -0.385. The summed E-state index contributed by atoms with van der Waals surface area (Å²) in [4.78, 5) is 8.98. The zero-order valence-corrected chi connectivity index (χ0v) is 11.8. The normalized spacial score (nSPS) is 16.1. The minimum Gasteiger partial charge on any atom is -0.328 e. The van der Waals surface area contributed by atoms with Gasteiger partial charge in [-0.05, 0) is 18.9 Å². The molecule has 1 aliphatic rings. The van der Waals surface area contributed by atoms with E-state index in [0.29, 0.717) is 6.04 Å². The van der Waals surface area contributed by atoms with Gasteiger partial charge < -0.3 is 5.73 Å². The molecule has 0 heterocycles. The van der Waals surface area contributed by atoms with Crippen molar-refractivity contribution in [3.05, 3.63) is 34.4 Å². The number of hydrogen-bond acceptors (Lipinski definition) is 5. The van der Waals surface area contributed by atoms with Gasteiger partial charge in [-0.1, -0.05) is 25.3 Å². The predicted octanol–water partition coefficient (Wildman–Crippen LogP) is 2.12. The highest BCUT2D eigenvalue weighted by Crippen LogP contribution is 2.16. The van der Waals surface area contributed by atoms with Gasteiger partial charge in [0, 0.05) is 18.2 Å². The largest absolute Gasteiger partial charge is 0.328 e. The van der Waals surface area contributed by atoms with Crippen LogP contribution in [0.1, 0.15) is 32.1 Å². The molecule has 7 nitrogen and oxygen atoms in total. The van der Waals surface area contributed by atoms with E-state index in [2.05, 4.69) is 0 Å². The highest BCUT2D eigenvalue weighted by atomic mass is 32.2. The summed E-state index contributed by atoms with van der Waals surface area (Å²) in [5.41, 5.74) is 5.26. The van der Waals surface area contributed by atoms with Gasteiger partial charge in [-0.3, -0.25) is 14.7 Å². The average Bonchev–Trinajstić information content (AvgIpc) is 2.39. The number of nitrogens with zero attached hydrogens (tertiary/aromatic N) is 1. The molecule has 1 saturated carbocycles. The van der Waals surface area contributed by atoms with Crippen molar-refractivity contribution in [2.75, 3.05) is 0 Å². The zero-order chi connectivity index (χ0) is 15.2. The van der Waals surface area contributed by atoms with Gasteiger partial charge in [0.2, 0.25) is 0 Å². The molecule has 20 heavy (non-hydrogen) atoms. The number of benzene rings is 1. The number of nitro groups is 1. The van der Waals surface area contributed by atoms with Crippen molar-refractivity contribution in [2.24, 2.45) is 5.73 Å². The molecule has 8 heteroatoms. The zero-order valence-electron chi connectivity index (χ0n) is 10.9. The van der Waals surface area contributed by atoms with Crippen LogP contribution in [-0.2, 0) is 10.1 Å². The quantitative estimate of drug-likeness (QED) is 0.490. The number of nitrogens with two attached hydrogens (primary N) is 1. The molecule has 3 N–H and O–H groups in total. The number of non-ortho nitro benzene ring substituents is 1. The van der Waals surface area contributed by atoms with Gasteiger partial charge in [-0.2, -0.15) is 8.42 Å². The van der Waals surface area contributed by atoms with Crippen LogP contribution in [0.25, 0.3) is 0 Å². The van der Waals surface area contributed by atoms with Crippen LogP contribution in [0.2, 0.25) is 0 Å². The van der Waals surface area contributed by atoms with E-state index < -0.39 is 19.9 Å². The Labute approximate surface area is 117 Å². The van der Waals surface area contributed by atoms with Gasteiger partial charge in [-0.15, -0.1) is 0 Å². The highest BCUT2D eigenvalue weighted by Gasteiger charge is 2.13. The Hall–Kier alpha value is -1.51. The van der Waals surface area contributed by atoms with Gasteiger partial charge in [-0.25, -0.2) is 0 Å². The molecule has 112 valence electrons. The van der Waals surface area contributed by atoms with Crippen LogP contribution in [0.15, 0.2) is 29.2 Å². The fraction of sp³-hybridized carbons (Fsp3) is 0.500. The molecule has 1 fully saturated rings. The van der Waals surface area contributed by atoms with Gasteiger partial charge in [0.15, 0.2) is 0 Å². The molecule has 0 bridgehead atoms. The molecule has 0 unspecified atom stereocenters. The first-order chi connectivity index (χ1) is 9.30. The Morgan fingerprint density at radius 2 is 1.85 bits per heavy atom. The van der Waals surface area contributed by atoms with Crippen molar-refractivity contribution in [3.8, 4) is 0 Å². The Bertz CT molecular complexity index is 553. The van der Waals surface area contributed by atoms with E-state index in [1.165, 1.54) is 38.2 Å². The number of rotatable bonds is 2. The maximum absolute atomic E-state index is 10.5. The highest BCUT2D eigenvalue weighted by molar-refractivity contribution is 7.85. The molecule has 0 aromatic heterocycles. The third-order valence-electron chi connectivity index (χ3n) is 2.98. The monoisotopic (exact) mass is 302 g/mol. The van der Waals surface area contributed by atoms with Crippen LogP contribution in [0.4, 0.5) is 5.69 Å². The molecular formula is C12H18N2O5S. The van der Waals surface area contributed by atoms with Crippen molar-refractivity contribution >= 4 is 15.8 Å². The van der Waals surface area contributed by atoms with E-state index in [9.17, 15) is 18.5 Å². The SMILES string of the molecule is NC1CCCCC1.O=[N+]([O-])c1cccc(S(=O)(=O)O)c1. The molecule has 0 saturated heterocycles. The van der Waals surface area contributed by atoms with Crippen LogP contribution in [0.3, 0.4) is 0 Å². The second kappa shape index (κ2) is 7.32. The topological polar surface area (TPSA) is 124 Å². The van der Waals surface area contributed by atoms with Gasteiger partial charge in [0.1, 0.15) is 4.90 Å². The summed E-state index contributed by atoms with van der Waals surface area (Å²) in [7, 11) is -4.36. The predicted molar refractivity (Wildman–Crippen MR) is 74.0 cm³/mol. The summed E-state index contributed by atoms with van der Waals surface area (Å²) >= 11 is 0. The van der Waals surface area contributed by atoms with Gasteiger partial charge in [0.25, 0.3) is 15.8 Å². The second-order valence-corrected chi connectivity index (χ2v) is 6.05. The minimum absolute atomic E-state index is 0.380. The fourth-order valence-corrected chi connectivity index (χ4v) is 2.41. The summed E-state index contributed by atoms with van der Waals surface area (Å²) in [6, 6.07) is 4.71. The Morgan fingerprint density at radius 1 is 1.25 bits per heavy atom. The minimum atomic E-state index is -4.36. The second-order valence-electron chi connectivity index (χ2n) is 4.63. The first-order valence-electron chi connectivity index (χ1n) is 6.28. The molecule has 0 radical (unpaired) electrons. The summed E-state index contributed by atoms with van der Waals surface area (Å²) < 4.78 is 29.6. The van der Waals surface area contributed by atoms with Crippen LogP contribution in [0, 0.1) is 10.1 Å². The smallest absolute Gasteiger partial charge is 0.294 e. The molecule has 1 aliphatic carbocycles. The maximum Gasteiger partial charge on any atom is 0.294 e. The molecule has 2 rings (SSSR count). The van der Waals surface area contributed by atoms with Crippen molar-refractivity contribution in [3.63, 3.8) is 0 Å². The van der Waals surface area contributed by atoms with E-state index in [1.54, 1.807) is 0 Å². The van der Waals surface area contributed by atoms with Crippen molar-refractivity contribution in [2.45, 2.75) is 43.0 Å². The molecule has 0 amide bonds. The molecule has 0 spiro atoms. The lowest BCUT2D eigenvalue weighted by Crippen LogP contribution is -2.22. The van der Waals surface area contributed by atoms with E-state index in [1.807, 2.05) is 0 Å². The van der Waals surface area contributed by atoms with E-state index in [0.717, 1.165) is 18.2 Å². The van der Waals surface area contributed by atoms with Crippen LogP contribution < -0.4 is 5.73 Å². The lowest BCUT2D eigenvalue weighted by atomic mass is 9.97. The number of nitro benzene ring substituents is 1. The van der Waals surface area contributed by atoms with E-state index >= 15 is 0 Å². The average molecular weight is 302 g/mol. The Morgan fingerprint density at radius 3 is 2.25 bits per heavy atom. The summed E-state index contributed by atoms with van der Waals surface area (Å²) in [5.74, 6) is 0. The molecule has 0 atom stereocenters.